The number of aromatic amines is 1. The van der Waals surface area contributed by atoms with Crippen LogP contribution in [0.25, 0.3) is 0 Å². The fraction of sp³-hybridized carbons (Fsp3) is 0.692. The van der Waals surface area contributed by atoms with E-state index in [4.69, 9.17) is 0 Å². The Hall–Kier alpha value is -1.16. The van der Waals surface area contributed by atoms with Gasteiger partial charge in [-0.1, -0.05) is 6.92 Å². The minimum absolute atomic E-state index is 0.0390. The van der Waals surface area contributed by atoms with Crippen LogP contribution in [0, 0.1) is 5.92 Å². The number of nitrogens with zero attached hydrogens (tertiary/aromatic N) is 1. The fourth-order valence-electron chi connectivity index (χ4n) is 1.85. The van der Waals surface area contributed by atoms with Crippen molar-refractivity contribution in [3.8, 4) is 0 Å². The molecule has 2 N–H and O–H groups in total. The third-order valence-corrected chi connectivity index (χ3v) is 3.07. The van der Waals surface area contributed by atoms with Crippen molar-refractivity contribution >= 4 is 0 Å². The van der Waals surface area contributed by atoms with Crippen LogP contribution in [0.3, 0.4) is 0 Å². The zero-order valence-electron chi connectivity index (χ0n) is 11.0. The van der Waals surface area contributed by atoms with E-state index >= 15 is 0 Å². The molecule has 1 heterocycles. The molecule has 0 spiro atoms. The normalized spacial score (nSPS) is 23.8. The molecule has 17 heavy (non-hydrogen) atoms. The molecule has 2 rings (SSSR count). The van der Waals surface area contributed by atoms with Gasteiger partial charge in [-0.25, -0.2) is 4.98 Å². The van der Waals surface area contributed by atoms with Gasteiger partial charge in [0.1, 0.15) is 5.82 Å². The zero-order chi connectivity index (χ0) is 12.6. The highest BCUT2D eigenvalue weighted by Gasteiger charge is 2.36. The second kappa shape index (κ2) is 4.26. The van der Waals surface area contributed by atoms with Crippen molar-refractivity contribution < 1.29 is 0 Å². The van der Waals surface area contributed by atoms with Crippen molar-refractivity contribution in [3.05, 3.63) is 27.9 Å². The minimum Gasteiger partial charge on any atom is -0.310 e. The molecule has 0 bridgehead atoms. The molecule has 1 aromatic rings. The molecule has 0 radical (unpaired) electrons. The van der Waals surface area contributed by atoms with E-state index in [2.05, 4.69) is 43.0 Å². The molecule has 94 valence electrons. The number of H-pyrrole nitrogens is 1. The third kappa shape index (κ3) is 3.40. The first kappa shape index (κ1) is 12.3. The van der Waals surface area contributed by atoms with Gasteiger partial charge in [0.15, 0.2) is 0 Å². The highest BCUT2D eigenvalue weighted by Crippen LogP contribution is 2.44. The number of aromatic nitrogens is 2. The quantitative estimate of drug-likeness (QED) is 0.839. The Kier molecular flexibility index (Phi) is 3.08. The van der Waals surface area contributed by atoms with E-state index < -0.39 is 0 Å². The van der Waals surface area contributed by atoms with Crippen LogP contribution >= 0.6 is 0 Å². The van der Waals surface area contributed by atoms with Gasteiger partial charge in [-0.15, -0.1) is 0 Å². The van der Waals surface area contributed by atoms with Crippen LogP contribution in [0.2, 0.25) is 0 Å². The van der Waals surface area contributed by atoms with Crippen LogP contribution in [0.15, 0.2) is 10.9 Å². The number of hydrogen-bond acceptors (Lipinski definition) is 3. The number of hydrogen-bond donors (Lipinski definition) is 2. The number of rotatable bonds is 3. The molecule has 1 aromatic heterocycles. The average molecular weight is 235 g/mol. The summed E-state index contributed by atoms with van der Waals surface area (Å²) in [6, 6.07) is 1.58. The Morgan fingerprint density at radius 1 is 1.53 bits per heavy atom. The van der Waals surface area contributed by atoms with Crippen molar-refractivity contribution in [2.24, 2.45) is 5.92 Å². The fourth-order valence-corrected chi connectivity index (χ4v) is 1.85. The maximum Gasteiger partial charge on any atom is 0.251 e. The molecule has 4 nitrogen and oxygen atoms in total. The SMILES string of the molecule is CC1CC1c1nc(CNC(C)(C)C)cc(=O)[nH]1. The summed E-state index contributed by atoms with van der Waals surface area (Å²) >= 11 is 0. The van der Waals surface area contributed by atoms with Crippen LogP contribution in [0.4, 0.5) is 0 Å². The summed E-state index contributed by atoms with van der Waals surface area (Å²) in [5.41, 5.74) is 0.828. The minimum atomic E-state index is -0.0418. The Morgan fingerprint density at radius 3 is 2.71 bits per heavy atom. The van der Waals surface area contributed by atoms with Gasteiger partial charge >= 0.3 is 0 Å². The van der Waals surface area contributed by atoms with E-state index in [0.717, 1.165) is 17.9 Å². The van der Waals surface area contributed by atoms with Gasteiger partial charge in [-0.05, 0) is 33.1 Å². The molecule has 0 saturated heterocycles. The van der Waals surface area contributed by atoms with E-state index in [-0.39, 0.29) is 11.1 Å². The highest BCUT2D eigenvalue weighted by molar-refractivity contribution is 5.12. The lowest BCUT2D eigenvalue weighted by atomic mass is 10.1. The second-order valence-electron chi connectivity index (χ2n) is 6.05. The first-order valence-corrected chi connectivity index (χ1v) is 6.20. The Bertz CT molecular complexity index is 458. The topological polar surface area (TPSA) is 57.8 Å². The van der Waals surface area contributed by atoms with Crippen molar-refractivity contribution in [1.29, 1.82) is 0 Å². The Labute approximate surface area is 102 Å². The van der Waals surface area contributed by atoms with Gasteiger partial charge in [0.25, 0.3) is 5.56 Å². The van der Waals surface area contributed by atoms with Crippen LogP contribution < -0.4 is 10.9 Å². The average Bonchev–Trinajstić information content (AvgIpc) is 2.91. The van der Waals surface area contributed by atoms with Crippen molar-refractivity contribution in [3.63, 3.8) is 0 Å². The van der Waals surface area contributed by atoms with E-state index in [1.165, 1.54) is 0 Å². The highest BCUT2D eigenvalue weighted by atomic mass is 16.1. The van der Waals surface area contributed by atoms with E-state index in [1.54, 1.807) is 6.07 Å². The van der Waals surface area contributed by atoms with Crippen molar-refractivity contribution in [1.82, 2.24) is 15.3 Å². The van der Waals surface area contributed by atoms with Crippen molar-refractivity contribution in [2.45, 2.75) is 52.1 Å². The summed E-state index contributed by atoms with van der Waals surface area (Å²) in [7, 11) is 0. The van der Waals surface area contributed by atoms with Gasteiger partial charge in [0, 0.05) is 24.1 Å². The van der Waals surface area contributed by atoms with E-state index in [1.807, 2.05) is 0 Å². The molecule has 2 unspecified atom stereocenters. The maximum absolute atomic E-state index is 11.6. The largest absolute Gasteiger partial charge is 0.310 e. The zero-order valence-corrected chi connectivity index (χ0v) is 11.0. The molecule has 1 aliphatic rings. The predicted molar refractivity (Wildman–Crippen MR) is 68.0 cm³/mol. The first-order valence-electron chi connectivity index (χ1n) is 6.20. The molecule has 0 aromatic carbocycles. The lowest BCUT2D eigenvalue weighted by Crippen LogP contribution is -2.35. The summed E-state index contributed by atoms with van der Waals surface area (Å²) in [5.74, 6) is 1.97. The lowest BCUT2D eigenvalue weighted by molar-refractivity contribution is 0.420. The molecule has 1 saturated carbocycles. The summed E-state index contributed by atoms with van der Waals surface area (Å²) < 4.78 is 0. The molecule has 1 aliphatic carbocycles. The van der Waals surface area contributed by atoms with Crippen LogP contribution in [0.1, 0.15) is 51.6 Å². The lowest BCUT2D eigenvalue weighted by Gasteiger charge is -2.20. The summed E-state index contributed by atoms with van der Waals surface area (Å²) in [6.07, 6.45) is 1.14. The monoisotopic (exact) mass is 235 g/mol. The predicted octanol–water partition coefficient (Wildman–Crippen LogP) is 1.78. The van der Waals surface area contributed by atoms with Gasteiger partial charge in [-0.2, -0.15) is 0 Å². The van der Waals surface area contributed by atoms with Crippen LogP contribution in [-0.2, 0) is 6.54 Å². The summed E-state index contributed by atoms with van der Waals surface area (Å²) in [5, 5.41) is 3.35. The van der Waals surface area contributed by atoms with Crippen LogP contribution in [0.5, 0.6) is 0 Å². The van der Waals surface area contributed by atoms with E-state index in [9.17, 15) is 4.79 Å². The molecule has 1 fully saturated rings. The third-order valence-electron chi connectivity index (χ3n) is 3.07. The molecular weight excluding hydrogens is 214 g/mol. The number of nitrogens with one attached hydrogen (secondary N) is 2. The van der Waals surface area contributed by atoms with Crippen molar-refractivity contribution in [2.75, 3.05) is 0 Å². The molecule has 2 atom stereocenters. The Morgan fingerprint density at radius 2 is 2.18 bits per heavy atom. The second-order valence-corrected chi connectivity index (χ2v) is 6.05. The standard InChI is InChI=1S/C13H21N3O/c1-8-5-10(8)12-15-9(6-11(17)16-12)7-14-13(2,3)4/h6,8,10,14H,5,7H2,1-4H3,(H,15,16,17). The molecule has 0 amide bonds. The summed E-state index contributed by atoms with van der Waals surface area (Å²) in [4.78, 5) is 18.9. The van der Waals surface area contributed by atoms with Crippen LogP contribution in [-0.4, -0.2) is 15.5 Å². The van der Waals surface area contributed by atoms with Gasteiger partial charge in [-0.3, -0.25) is 4.79 Å². The first-order chi connectivity index (χ1) is 7.85. The summed E-state index contributed by atoms with van der Waals surface area (Å²) in [6.45, 7) is 9.13. The molecular formula is C13H21N3O. The van der Waals surface area contributed by atoms with Gasteiger partial charge in [0.2, 0.25) is 0 Å². The Balaban J connectivity index is 2.12. The molecule has 0 aliphatic heterocycles. The molecule has 4 heteroatoms. The van der Waals surface area contributed by atoms with Gasteiger partial charge < -0.3 is 10.3 Å². The van der Waals surface area contributed by atoms with Gasteiger partial charge in [0.05, 0.1) is 5.69 Å². The smallest absolute Gasteiger partial charge is 0.251 e. The maximum atomic E-state index is 11.6. The van der Waals surface area contributed by atoms with E-state index in [0.29, 0.717) is 18.4 Å².